The lowest BCUT2D eigenvalue weighted by molar-refractivity contribution is 0.295. The number of nitrogens with zero attached hydrogens (tertiary/aromatic N) is 3. The molecule has 0 saturated heterocycles. The van der Waals surface area contributed by atoms with Crippen LogP contribution in [0.3, 0.4) is 0 Å². The van der Waals surface area contributed by atoms with Gasteiger partial charge in [0.25, 0.3) is 0 Å². The maximum absolute atomic E-state index is 9.30. The van der Waals surface area contributed by atoms with Gasteiger partial charge in [0.15, 0.2) is 0 Å². The summed E-state index contributed by atoms with van der Waals surface area (Å²) in [5.74, 6) is 2.14. The summed E-state index contributed by atoms with van der Waals surface area (Å²) in [6, 6.07) is 2.43. The van der Waals surface area contributed by atoms with E-state index in [0.29, 0.717) is 18.5 Å². The highest BCUT2D eigenvalue weighted by molar-refractivity contribution is 5.41. The number of aryl methyl sites for hydroxylation is 1. The van der Waals surface area contributed by atoms with Crippen LogP contribution in [0.15, 0.2) is 6.07 Å². The second-order valence-electron chi connectivity index (χ2n) is 5.27. The fourth-order valence-corrected chi connectivity index (χ4v) is 2.30. The third-order valence-electron chi connectivity index (χ3n) is 3.39. The zero-order valence-corrected chi connectivity index (χ0v) is 12.8. The molecule has 0 saturated carbocycles. The van der Waals surface area contributed by atoms with Crippen LogP contribution in [0.1, 0.15) is 58.0 Å². The van der Waals surface area contributed by atoms with Gasteiger partial charge in [-0.05, 0) is 19.8 Å². The van der Waals surface area contributed by atoms with E-state index in [1.54, 1.807) is 0 Å². The van der Waals surface area contributed by atoms with Crippen molar-refractivity contribution in [2.75, 3.05) is 18.1 Å². The molecule has 0 fully saturated rings. The molecule has 1 rings (SSSR count). The maximum atomic E-state index is 9.30. The van der Waals surface area contributed by atoms with Crippen molar-refractivity contribution in [2.45, 2.75) is 59.4 Å². The molecule has 1 aromatic heterocycles. The number of aliphatic hydroxyl groups is 1. The number of aliphatic hydroxyl groups excluding tert-OH is 1. The largest absolute Gasteiger partial charge is 0.395 e. The lowest BCUT2D eigenvalue weighted by Crippen LogP contribution is -2.37. The van der Waals surface area contributed by atoms with Crippen molar-refractivity contribution in [1.29, 1.82) is 0 Å². The Labute approximate surface area is 116 Å². The molecule has 0 bridgehead atoms. The maximum Gasteiger partial charge on any atom is 0.133 e. The van der Waals surface area contributed by atoms with Crippen LogP contribution in [0.5, 0.6) is 0 Å². The molecule has 1 N–H and O–H groups in total. The zero-order chi connectivity index (χ0) is 14.4. The number of anilines is 1. The molecule has 1 aromatic rings. The Morgan fingerprint density at radius 3 is 2.32 bits per heavy atom. The highest BCUT2D eigenvalue weighted by Crippen LogP contribution is 2.21. The van der Waals surface area contributed by atoms with Crippen LogP contribution in [0.4, 0.5) is 5.82 Å². The second kappa shape index (κ2) is 7.43. The lowest BCUT2D eigenvalue weighted by Gasteiger charge is -2.31. The van der Waals surface area contributed by atoms with Crippen molar-refractivity contribution in [1.82, 2.24) is 9.97 Å². The van der Waals surface area contributed by atoms with Crippen LogP contribution >= 0.6 is 0 Å². The Hall–Kier alpha value is -1.16. The lowest BCUT2D eigenvalue weighted by atomic mass is 10.1. The molecule has 0 aliphatic carbocycles. The third-order valence-corrected chi connectivity index (χ3v) is 3.39. The van der Waals surface area contributed by atoms with Gasteiger partial charge in [0, 0.05) is 30.3 Å². The first-order chi connectivity index (χ1) is 9.03. The first-order valence-corrected chi connectivity index (χ1v) is 7.26. The predicted molar refractivity (Wildman–Crippen MR) is 79.7 cm³/mol. The van der Waals surface area contributed by atoms with Crippen molar-refractivity contribution in [3.63, 3.8) is 0 Å². The quantitative estimate of drug-likeness (QED) is 0.823. The van der Waals surface area contributed by atoms with Gasteiger partial charge >= 0.3 is 0 Å². The summed E-state index contributed by atoms with van der Waals surface area (Å²) in [6.45, 7) is 11.3. The SMILES string of the molecule is CCC(CC)N(CCO)c1cc(C)nc(C(C)C)n1. The van der Waals surface area contributed by atoms with Crippen molar-refractivity contribution in [3.8, 4) is 0 Å². The molecule has 0 spiro atoms. The van der Waals surface area contributed by atoms with E-state index in [1.165, 1.54) is 0 Å². The average molecular weight is 265 g/mol. The van der Waals surface area contributed by atoms with Crippen LogP contribution in [0, 0.1) is 6.92 Å². The first-order valence-electron chi connectivity index (χ1n) is 7.26. The Balaban J connectivity index is 3.14. The molecule has 19 heavy (non-hydrogen) atoms. The van der Waals surface area contributed by atoms with Crippen LogP contribution in [-0.2, 0) is 0 Å². The van der Waals surface area contributed by atoms with Gasteiger partial charge in [0.2, 0.25) is 0 Å². The summed E-state index contributed by atoms with van der Waals surface area (Å²) < 4.78 is 0. The number of aromatic nitrogens is 2. The Bertz CT molecular complexity index is 389. The summed E-state index contributed by atoms with van der Waals surface area (Å²) in [6.07, 6.45) is 2.10. The number of rotatable bonds is 7. The smallest absolute Gasteiger partial charge is 0.133 e. The highest BCUT2D eigenvalue weighted by Gasteiger charge is 2.18. The fraction of sp³-hybridized carbons (Fsp3) is 0.733. The number of hydrogen-bond donors (Lipinski definition) is 1. The predicted octanol–water partition coefficient (Wildman–Crippen LogP) is 2.90. The minimum atomic E-state index is 0.149. The molecule has 0 atom stereocenters. The molecule has 0 radical (unpaired) electrons. The van der Waals surface area contributed by atoms with Gasteiger partial charge in [-0.15, -0.1) is 0 Å². The minimum Gasteiger partial charge on any atom is -0.395 e. The molecule has 0 aliphatic rings. The summed E-state index contributed by atoms with van der Waals surface area (Å²) >= 11 is 0. The van der Waals surface area contributed by atoms with Gasteiger partial charge in [-0.3, -0.25) is 0 Å². The molecule has 4 heteroatoms. The molecule has 0 amide bonds. The normalized spacial score (nSPS) is 11.4. The topological polar surface area (TPSA) is 49.2 Å². The number of hydrogen-bond acceptors (Lipinski definition) is 4. The Kier molecular flexibility index (Phi) is 6.22. The Morgan fingerprint density at radius 2 is 1.84 bits per heavy atom. The van der Waals surface area contributed by atoms with Crippen LogP contribution < -0.4 is 4.90 Å². The van der Waals surface area contributed by atoms with E-state index in [9.17, 15) is 5.11 Å². The van der Waals surface area contributed by atoms with Crippen LogP contribution in [0.2, 0.25) is 0 Å². The van der Waals surface area contributed by atoms with E-state index in [4.69, 9.17) is 0 Å². The molecule has 1 heterocycles. The highest BCUT2D eigenvalue weighted by atomic mass is 16.3. The van der Waals surface area contributed by atoms with Crippen molar-refractivity contribution in [3.05, 3.63) is 17.6 Å². The molecular formula is C15H27N3O. The molecule has 0 aromatic carbocycles. The first kappa shape index (κ1) is 15.9. The van der Waals surface area contributed by atoms with E-state index < -0.39 is 0 Å². The van der Waals surface area contributed by atoms with Crippen molar-refractivity contribution in [2.24, 2.45) is 0 Å². The van der Waals surface area contributed by atoms with E-state index >= 15 is 0 Å². The van der Waals surface area contributed by atoms with E-state index in [1.807, 2.05) is 13.0 Å². The Morgan fingerprint density at radius 1 is 1.21 bits per heavy atom. The third kappa shape index (κ3) is 4.16. The summed E-state index contributed by atoms with van der Waals surface area (Å²) in [7, 11) is 0. The molecule has 4 nitrogen and oxygen atoms in total. The second-order valence-corrected chi connectivity index (χ2v) is 5.27. The summed E-state index contributed by atoms with van der Waals surface area (Å²) in [5.41, 5.74) is 0.989. The molecule has 0 unspecified atom stereocenters. The van der Waals surface area contributed by atoms with E-state index in [0.717, 1.165) is 30.2 Å². The van der Waals surface area contributed by atoms with Gasteiger partial charge in [-0.2, -0.15) is 0 Å². The summed E-state index contributed by atoms with van der Waals surface area (Å²) in [5, 5.41) is 9.30. The van der Waals surface area contributed by atoms with E-state index in [-0.39, 0.29) is 6.61 Å². The van der Waals surface area contributed by atoms with Gasteiger partial charge in [0.1, 0.15) is 11.6 Å². The average Bonchev–Trinajstić information content (AvgIpc) is 2.38. The van der Waals surface area contributed by atoms with Crippen LogP contribution in [0.25, 0.3) is 0 Å². The molecular weight excluding hydrogens is 238 g/mol. The van der Waals surface area contributed by atoms with E-state index in [2.05, 4.69) is 42.6 Å². The molecule has 0 aliphatic heterocycles. The fourth-order valence-electron chi connectivity index (χ4n) is 2.30. The van der Waals surface area contributed by atoms with Gasteiger partial charge < -0.3 is 10.0 Å². The monoisotopic (exact) mass is 265 g/mol. The minimum absolute atomic E-state index is 0.149. The summed E-state index contributed by atoms with van der Waals surface area (Å²) in [4.78, 5) is 11.4. The van der Waals surface area contributed by atoms with Crippen molar-refractivity contribution >= 4 is 5.82 Å². The van der Waals surface area contributed by atoms with Gasteiger partial charge in [-0.25, -0.2) is 9.97 Å². The van der Waals surface area contributed by atoms with Crippen molar-refractivity contribution < 1.29 is 5.11 Å². The standard InChI is InChI=1S/C15H27N3O/c1-6-13(7-2)18(8-9-19)14-10-12(5)16-15(17-14)11(3)4/h10-11,13,19H,6-9H2,1-5H3. The van der Waals surface area contributed by atoms with Crippen LogP contribution in [-0.4, -0.2) is 34.3 Å². The van der Waals surface area contributed by atoms with Gasteiger partial charge in [-0.1, -0.05) is 27.7 Å². The molecule has 108 valence electrons. The zero-order valence-electron chi connectivity index (χ0n) is 12.8. The van der Waals surface area contributed by atoms with Gasteiger partial charge in [0.05, 0.1) is 6.61 Å².